The molecule has 0 heterocycles. The molecule has 0 spiro atoms. The first kappa shape index (κ1) is 13.0. The molecule has 3 heteroatoms. The molecule has 0 saturated heterocycles. The van der Waals surface area contributed by atoms with Gasteiger partial charge in [-0.25, -0.2) is 0 Å². The summed E-state index contributed by atoms with van der Waals surface area (Å²) in [5.41, 5.74) is 1.52. The Hall–Kier alpha value is -1.06. The third-order valence-electron chi connectivity index (χ3n) is 2.34. The number of benzene rings is 1. The molecule has 0 aromatic heterocycles. The molecule has 0 bridgehead atoms. The van der Waals surface area contributed by atoms with Crippen LogP contribution in [0, 0.1) is 0 Å². The lowest BCUT2D eigenvalue weighted by atomic mass is 10.2. The van der Waals surface area contributed by atoms with Crippen LogP contribution in [0.25, 0.3) is 6.08 Å². The Kier molecular flexibility index (Phi) is 5.89. The fourth-order valence-electron chi connectivity index (χ4n) is 1.33. The van der Waals surface area contributed by atoms with E-state index in [-0.39, 0.29) is 0 Å². The molecule has 0 aliphatic heterocycles. The van der Waals surface area contributed by atoms with Crippen molar-refractivity contribution in [3.63, 3.8) is 0 Å². The summed E-state index contributed by atoms with van der Waals surface area (Å²) in [7, 11) is 2.16. The average Bonchev–Trinajstić information content (AvgIpc) is 2.34. The van der Waals surface area contributed by atoms with Gasteiger partial charge in [0, 0.05) is 24.8 Å². The minimum atomic E-state index is 0.434. The van der Waals surface area contributed by atoms with Crippen LogP contribution in [0.3, 0.4) is 0 Å². The zero-order valence-electron chi connectivity index (χ0n) is 9.90. The maximum absolute atomic E-state index is 5.81. The van der Waals surface area contributed by atoms with Crippen molar-refractivity contribution in [1.29, 1.82) is 0 Å². The van der Waals surface area contributed by atoms with E-state index in [9.17, 15) is 0 Å². The molecule has 1 aromatic rings. The Morgan fingerprint density at radius 2 is 2.19 bits per heavy atom. The number of methoxy groups -OCH3 is 1. The smallest absolute Gasteiger partial charge is 0.316 e. The van der Waals surface area contributed by atoms with Crippen LogP contribution in [0.5, 0.6) is 5.75 Å². The predicted molar refractivity (Wildman–Crippen MR) is 68.8 cm³/mol. The second-order valence-electron chi connectivity index (χ2n) is 3.52. The maximum Gasteiger partial charge on any atom is 0.316 e. The van der Waals surface area contributed by atoms with Gasteiger partial charge in [0.15, 0.2) is 0 Å². The van der Waals surface area contributed by atoms with Gasteiger partial charge < -0.3 is 9.16 Å². The van der Waals surface area contributed by atoms with E-state index < -0.39 is 0 Å². The summed E-state index contributed by atoms with van der Waals surface area (Å²) in [6, 6.07) is 7.94. The van der Waals surface area contributed by atoms with E-state index in [1.807, 2.05) is 30.3 Å². The molecule has 16 heavy (non-hydrogen) atoms. The maximum atomic E-state index is 5.81. The van der Waals surface area contributed by atoms with Gasteiger partial charge in [0.2, 0.25) is 0 Å². The Labute approximate surface area is 100 Å². The number of ether oxygens (including phenoxy) is 1. The van der Waals surface area contributed by atoms with E-state index >= 15 is 0 Å². The molecule has 0 aliphatic rings. The van der Waals surface area contributed by atoms with Gasteiger partial charge in [-0.1, -0.05) is 44.2 Å². The third kappa shape index (κ3) is 3.83. The van der Waals surface area contributed by atoms with Gasteiger partial charge in [0.25, 0.3) is 0 Å². The highest BCUT2D eigenvalue weighted by Gasteiger charge is 2.11. The molecule has 1 rings (SSSR count). The highest BCUT2D eigenvalue weighted by molar-refractivity contribution is 6.30. The lowest BCUT2D eigenvalue weighted by Gasteiger charge is -2.14. The number of para-hydroxylation sites is 1. The number of hydrogen-bond acceptors (Lipinski definition) is 2. The molecule has 1 aromatic carbocycles. The minimum Gasteiger partial charge on any atom is -0.540 e. The van der Waals surface area contributed by atoms with E-state index in [1.54, 1.807) is 7.11 Å². The van der Waals surface area contributed by atoms with Gasteiger partial charge in [-0.2, -0.15) is 0 Å². The van der Waals surface area contributed by atoms with Gasteiger partial charge in [-0.15, -0.1) is 0 Å². The Bertz CT molecular complexity index is 325. The van der Waals surface area contributed by atoms with Crippen LogP contribution in [0.15, 0.2) is 30.8 Å². The fraction of sp³-hybridized carbons (Fsp3) is 0.385. The minimum absolute atomic E-state index is 0.434. The topological polar surface area (TPSA) is 18.5 Å². The molecule has 0 aliphatic carbocycles. The predicted octanol–water partition coefficient (Wildman–Crippen LogP) is 3.17. The van der Waals surface area contributed by atoms with Crippen molar-refractivity contribution in [2.75, 3.05) is 13.7 Å². The fourth-order valence-corrected chi connectivity index (χ4v) is 2.21. The molecule has 2 radical (unpaired) electrons. The average molecular weight is 234 g/mol. The second-order valence-corrected chi connectivity index (χ2v) is 4.78. The normalized spacial score (nSPS) is 12.1. The lowest BCUT2D eigenvalue weighted by Crippen LogP contribution is -2.15. The Balaban J connectivity index is 2.55. The highest BCUT2D eigenvalue weighted by Crippen LogP contribution is 2.20. The first-order chi connectivity index (χ1) is 7.81. The van der Waals surface area contributed by atoms with Crippen molar-refractivity contribution in [2.24, 2.45) is 0 Å². The van der Waals surface area contributed by atoms with E-state index in [4.69, 9.17) is 9.16 Å². The second kappa shape index (κ2) is 7.25. The van der Waals surface area contributed by atoms with Gasteiger partial charge in [-0.3, -0.25) is 0 Å². The number of rotatable bonds is 7. The van der Waals surface area contributed by atoms with Crippen molar-refractivity contribution >= 4 is 15.8 Å². The van der Waals surface area contributed by atoms with Gasteiger partial charge >= 0.3 is 9.76 Å². The van der Waals surface area contributed by atoms with Crippen LogP contribution in [0.1, 0.15) is 18.9 Å². The molecule has 0 N–H and O–H groups in total. The summed E-state index contributed by atoms with van der Waals surface area (Å²) < 4.78 is 11.0. The van der Waals surface area contributed by atoms with Gasteiger partial charge in [0.05, 0.1) is 0 Å². The summed E-state index contributed by atoms with van der Waals surface area (Å²) in [5.74, 6) is 0.908. The SMILES string of the molecule is C=Cc1ccccc1O[Si]C(CC)COC. The van der Waals surface area contributed by atoms with E-state index in [0.717, 1.165) is 24.3 Å². The first-order valence-corrected chi connectivity index (χ1v) is 6.43. The third-order valence-corrected chi connectivity index (χ3v) is 3.58. The molecule has 0 saturated carbocycles. The molecule has 2 nitrogen and oxygen atoms in total. The lowest BCUT2D eigenvalue weighted by molar-refractivity contribution is 0.191. The monoisotopic (exact) mass is 234 g/mol. The van der Waals surface area contributed by atoms with E-state index in [0.29, 0.717) is 15.3 Å². The summed E-state index contributed by atoms with van der Waals surface area (Å²) in [6.07, 6.45) is 2.89. The number of hydrogen-bond donors (Lipinski definition) is 0. The standard InChI is InChI=1S/C13H18O2Si/c1-4-11-8-6-7-9-13(11)15-16-12(5-2)10-14-3/h4,6-9,12H,1,5,10H2,2-3H3. The largest absolute Gasteiger partial charge is 0.540 e. The van der Waals surface area contributed by atoms with Crippen molar-refractivity contribution in [2.45, 2.75) is 18.9 Å². The van der Waals surface area contributed by atoms with Crippen molar-refractivity contribution in [3.05, 3.63) is 36.4 Å². The van der Waals surface area contributed by atoms with Gasteiger partial charge in [0.1, 0.15) is 5.75 Å². The van der Waals surface area contributed by atoms with E-state index in [1.165, 1.54) is 0 Å². The molecule has 86 valence electrons. The molecule has 1 atom stereocenters. The van der Waals surface area contributed by atoms with Crippen LogP contribution in [-0.4, -0.2) is 23.5 Å². The van der Waals surface area contributed by atoms with Crippen molar-refractivity contribution in [3.8, 4) is 5.75 Å². The Morgan fingerprint density at radius 1 is 1.44 bits per heavy atom. The van der Waals surface area contributed by atoms with Crippen molar-refractivity contribution < 1.29 is 9.16 Å². The summed E-state index contributed by atoms with van der Waals surface area (Å²) in [5, 5.41) is 0. The summed E-state index contributed by atoms with van der Waals surface area (Å²) in [4.78, 5) is 0. The van der Waals surface area contributed by atoms with E-state index in [2.05, 4.69) is 13.5 Å². The van der Waals surface area contributed by atoms with Crippen molar-refractivity contribution in [1.82, 2.24) is 0 Å². The molecule has 1 unspecified atom stereocenters. The summed E-state index contributed by atoms with van der Waals surface area (Å²) in [6.45, 7) is 6.68. The first-order valence-electron chi connectivity index (χ1n) is 5.44. The van der Waals surface area contributed by atoms with Crippen LogP contribution in [0.4, 0.5) is 0 Å². The quantitative estimate of drug-likeness (QED) is 0.675. The Morgan fingerprint density at radius 3 is 2.81 bits per heavy atom. The summed E-state index contributed by atoms with van der Waals surface area (Å²) >= 11 is 0. The molecule has 0 amide bonds. The van der Waals surface area contributed by atoms with Gasteiger partial charge in [-0.05, 0) is 6.07 Å². The van der Waals surface area contributed by atoms with Crippen LogP contribution >= 0.6 is 0 Å². The van der Waals surface area contributed by atoms with Crippen LogP contribution in [-0.2, 0) is 4.74 Å². The zero-order chi connectivity index (χ0) is 11.8. The molecular weight excluding hydrogens is 216 g/mol. The van der Waals surface area contributed by atoms with Crippen LogP contribution in [0.2, 0.25) is 5.54 Å². The molecular formula is C13H18O2Si. The molecule has 0 fully saturated rings. The van der Waals surface area contributed by atoms with Crippen LogP contribution < -0.4 is 4.43 Å². The highest BCUT2D eigenvalue weighted by atomic mass is 28.2. The zero-order valence-corrected chi connectivity index (χ0v) is 10.9.